The SMILES string of the molecule is CCN1CCCC1CNC(=NCc1nnc(C)n1C)NCCCSc1ccc(F)cc1. The summed E-state index contributed by atoms with van der Waals surface area (Å²) in [5.41, 5.74) is 0. The third kappa shape index (κ3) is 7.21. The number of benzene rings is 1. The Morgan fingerprint density at radius 2 is 2.06 bits per heavy atom. The summed E-state index contributed by atoms with van der Waals surface area (Å²) >= 11 is 1.74. The van der Waals surface area contributed by atoms with Crippen molar-refractivity contribution in [2.45, 2.75) is 50.6 Å². The van der Waals surface area contributed by atoms with Crippen LogP contribution < -0.4 is 10.6 Å². The second-order valence-electron chi connectivity index (χ2n) is 7.78. The first-order valence-electron chi connectivity index (χ1n) is 11.1. The third-order valence-electron chi connectivity index (χ3n) is 5.67. The summed E-state index contributed by atoms with van der Waals surface area (Å²) in [5.74, 6) is 3.31. The molecule has 0 aliphatic carbocycles. The zero-order valence-corrected chi connectivity index (χ0v) is 19.6. The van der Waals surface area contributed by atoms with Crippen LogP contribution in [0.25, 0.3) is 0 Å². The van der Waals surface area contributed by atoms with E-state index in [0.29, 0.717) is 12.6 Å². The van der Waals surface area contributed by atoms with Crippen LogP contribution in [0.4, 0.5) is 4.39 Å². The second-order valence-corrected chi connectivity index (χ2v) is 8.94. The normalized spacial score (nSPS) is 17.3. The van der Waals surface area contributed by atoms with Crippen LogP contribution in [0.2, 0.25) is 0 Å². The summed E-state index contributed by atoms with van der Waals surface area (Å²) in [6.07, 6.45) is 3.47. The molecule has 1 aromatic heterocycles. The van der Waals surface area contributed by atoms with Crippen LogP contribution in [-0.4, -0.2) is 63.6 Å². The van der Waals surface area contributed by atoms with Gasteiger partial charge >= 0.3 is 0 Å². The van der Waals surface area contributed by atoms with Crippen molar-refractivity contribution in [2.75, 3.05) is 31.9 Å². The highest BCUT2D eigenvalue weighted by Gasteiger charge is 2.22. The molecule has 1 aromatic carbocycles. The molecule has 0 amide bonds. The molecule has 7 nitrogen and oxygen atoms in total. The summed E-state index contributed by atoms with van der Waals surface area (Å²) in [5, 5.41) is 15.3. The van der Waals surface area contributed by atoms with E-state index in [0.717, 1.165) is 54.3 Å². The average molecular weight is 448 g/mol. The number of aliphatic imine (C=N–C) groups is 1. The van der Waals surface area contributed by atoms with Crippen LogP contribution >= 0.6 is 11.8 Å². The minimum absolute atomic E-state index is 0.194. The molecule has 1 saturated heterocycles. The number of likely N-dealkylation sites (N-methyl/N-ethyl adjacent to an activating group) is 1. The van der Waals surface area contributed by atoms with Gasteiger partial charge in [0.05, 0.1) is 0 Å². The molecule has 1 aliphatic heterocycles. The Balaban J connectivity index is 1.49. The van der Waals surface area contributed by atoms with Gasteiger partial charge in [-0.1, -0.05) is 6.92 Å². The standard InChI is InChI=1S/C22H34FN7S/c1-4-30-13-5-7-19(30)15-25-22(26-16-21-28-27-17(2)29(21)3)24-12-6-14-31-20-10-8-18(23)9-11-20/h8-11,19H,4-7,12-16H2,1-3H3,(H2,24,25,26). The van der Waals surface area contributed by atoms with E-state index in [9.17, 15) is 4.39 Å². The fourth-order valence-corrected chi connectivity index (χ4v) is 4.52. The van der Waals surface area contributed by atoms with Gasteiger partial charge in [-0.25, -0.2) is 9.38 Å². The van der Waals surface area contributed by atoms with Crippen LogP contribution in [0.15, 0.2) is 34.2 Å². The number of nitrogens with one attached hydrogen (secondary N) is 2. The zero-order chi connectivity index (χ0) is 22.1. The van der Waals surface area contributed by atoms with Crippen molar-refractivity contribution >= 4 is 17.7 Å². The number of hydrogen-bond acceptors (Lipinski definition) is 5. The molecule has 2 aromatic rings. The van der Waals surface area contributed by atoms with E-state index in [1.54, 1.807) is 11.8 Å². The largest absolute Gasteiger partial charge is 0.356 e. The molecule has 31 heavy (non-hydrogen) atoms. The Hall–Kier alpha value is -2.13. The van der Waals surface area contributed by atoms with Crippen LogP contribution in [0.5, 0.6) is 0 Å². The highest BCUT2D eigenvalue weighted by molar-refractivity contribution is 7.99. The lowest BCUT2D eigenvalue weighted by molar-refractivity contribution is 0.267. The Labute approximate surface area is 188 Å². The first-order chi connectivity index (χ1) is 15.1. The lowest BCUT2D eigenvalue weighted by Gasteiger charge is -2.24. The van der Waals surface area contributed by atoms with E-state index in [2.05, 4.69) is 32.7 Å². The molecule has 1 atom stereocenters. The van der Waals surface area contributed by atoms with Gasteiger partial charge in [-0.05, 0) is 69.3 Å². The quantitative estimate of drug-likeness (QED) is 0.253. The van der Waals surface area contributed by atoms with E-state index < -0.39 is 0 Å². The Bertz CT molecular complexity index is 837. The van der Waals surface area contributed by atoms with Gasteiger partial charge in [0.2, 0.25) is 0 Å². The van der Waals surface area contributed by atoms with Gasteiger partial charge in [-0.3, -0.25) is 4.90 Å². The van der Waals surface area contributed by atoms with Gasteiger partial charge in [-0.15, -0.1) is 22.0 Å². The molecule has 1 unspecified atom stereocenters. The minimum Gasteiger partial charge on any atom is -0.356 e. The van der Waals surface area contributed by atoms with Crippen molar-refractivity contribution in [2.24, 2.45) is 12.0 Å². The molecule has 3 rings (SSSR count). The first-order valence-corrected chi connectivity index (χ1v) is 12.0. The number of aromatic nitrogens is 3. The summed E-state index contributed by atoms with van der Waals surface area (Å²) in [7, 11) is 1.96. The first kappa shape index (κ1) is 23.5. The van der Waals surface area contributed by atoms with Gasteiger partial charge in [0.15, 0.2) is 11.8 Å². The number of hydrogen-bond donors (Lipinski definition) is 2. The highest BCUT2D eigenvalue weighted by atomic mass is 32.2. The Morgan fingerprint density at radius 3 is 2.77 bits per heavy atom. The molecule has 1 fully saturated rings. The number of aryl methyl sites for hydroxylation is 1. The van der Waals surface area contributed by atoms with Crippen molar-refractivity contribution < 1.29 is 4.39 Å². The predicted molar refractivity (Wildman–Crippen MR) is 125 cm³/mol. The second kappa shape index (κ2) is 12.0. The predicted octanol–water partition coefficient (Wildman–Crippen LogP) is 2.96. The van der Waals surface area contributed by atoms with Gasteiger partial charge in [-0.2, -0.15) is 0 Å². The van der Waals surface area contributed by atoms with Gasteiger partial charge in [0.1, 0.15) is 18.2 Å². The molecule has 2 N–H and O–H groups in total. The Kier molecular flexibility index (Phi) is 9.14. The lowest BCUT2D eigenvalue weighted by atomic mass is 10.2. The van der Waals surface area contributed by atoms with Gasteiger partial charge < -0.3 is 15.2 Å². The molecular formula is C22H34FN7S. The van der Waals surface area contributed by atoms with E-state index in [4.69, 9.17) is 4.99 Å². The van der Waals surface area contributed by atoms with Crippen LogP contribution in [0.1, 0.15) is 37.8 Å². The number of thioether (sulfide) groups is 1. The average Bonchev–Trinajstić information content (AvgIpc) is 3.37. The Morgan fingerprint density at radius 1 is 1.26 bits per heavy atom. The van der Waals surface area contributed by atoms with Gasteiger partial charge in [0.25, 0.3) is 0 Å². The molecule has 0 saturated carbocycles. The maximum atomic E-state index is 13.0. The minimum atomic E-state index is -0.194. The number of rotatable bonds is 10. The summed E-state index contributed by atoms with van der Waals surface area (Å²) < 4.78 is 15.0. The van der Waals surface area contributed by atoms with Crippen LogP contribution in [0, 0.1) is 12.7 Å². The van der Waals surface area contributed by atoms with E-state index in [1.165, 1.54) is 31.5 Å². The summed E-state index contributed by atoms with van der Waals surface area (Å²) in [6, 6.07) is 7.22. The molecule has 0 bridgehead atoms. The van der Waals surface area contributed by atoms with E-state index >= 15 is 0 Å². The number of halogens is 1. The maximum absolute atomic E-state index is 13.0. The number of likely N-dealkylation sites (tertiary alicyclic amines) is 1. The molecule has 2 heterocycles. The fraction of sp³-hybridized carbons (Fsp3) is 0.591. The van der Waals surface area contributed by atoms with E-state index in [-0.39, 0.29) is 5.82 Å². The number of guanidine groups is 1. The van der Waals surface area contributed by atoms with E-state index in [1.807, 2.05) is 30.7 Å². The lowest BCUT2D eigenvalue weighted by Crippen LogP contribution is -2.45. The molecule has 1 aliphatic rings. The number of nitrogens with zero attached hydrogens (tertiary/aromatic N) is 5. The zero-order valence-electron chi connectivity index (χ0n) is 18.8. The molecule has 170 valence electrons. The molecule has 0 radical (unpaired) electrons. The topological polar surface area (TPSA) is 70.4 Å². The fourth-order valence-electron chi connectivity index (χ4n) is 3.67. The third-order valence-corrected chi connectivity index (χ3v) is 6.77. The monoisotopic (exact) mass is 447 g/mol. The van der Waals surface area contributed by atoms with Crippen molar-refractivity contribution in [3.63, 3.8) is 0 Å². The van der Waals surface area contributed by atoms with Crippen LogP contribution in [0.3, 0.4) is 0 Å². The summed E-state index contributed by atoms with van der Waals surface area (Å²) in [4.78, 5) is 8.36. The summed E-state index contributed by atoms with van der Waals surface area (Å²) in [6.45, 7) is 8.63. The van der Waals surface area contributed by atoms with Crippen molar-refractivity contribution in [3.05, 3.63) is 41.7 Å². The molecule has 0 spiro atoms. The molecular weight excluding hydrogens is 413 g/mol. The van der Waals surface area contributed by atoms with Gasteiger partial charge in [0, 0.05) is 31.1 Å². The van der Waals surface area contributed by atoms with Crippen molar-refractivity contribution in [1.82, 2.24) is 30.3 Å². The highest BCUT2D eigenvalue weighted by Crippen LogP contribution is 2.18. The smallest absolute Gasteiger partial charge is 0.191 e. The van der Waals surface area contributed by atoms with Crippen molar-refractivity contribution in [1.29, 1.82) is 0 Å². The van der Waals surface area contributed by atoms with Crippen molar-refractivity contribution in [3.8, 4) is 0 Å². The molecule has 9 heteroatoms. The maximum Gasteiger partial charge on any atom is 0.191 e. The van der Waals surface area contributed by atoms with Crippen LogP contribution in [-0.2, 0) is 13.6 Å².